The van der Waals surface area contributed by atoms with E-state index in [0.29, 0.717) is 11.6 Å². The summed E-state index contributed by atoms with van der Waals surface area (Å²) in [5, 5.41) is 10.7. The first-order chi connectivity index (χ1) is 13.3. The van der Waals surface area contributed by atoms with Crippen LogP contribution in [0.1, 0.15) is 10.4 Å². The summed E-state index contributed by atoms with van der Waals surface area (Å²) >= 11 is 0. The van der Waals surface area contributed by atoms with Gasteiger partial charge in [-0.25, -0.2) is 4.98 Å². The molecule has 1 N–H and O–H groups in total. The second-order valence-corrected chi connectivity index (χ2v) is 7.10. The average Bonchev–Trinajstić information content (AvgIpc) is 3.16. The highest BCUT2D eigenvalue weighted by molar-refractivity contribution is 5.97. The molecule has 3 aromatic rings. The smallest absolute Gasteiger partial charge is 0.254 e. The van der Waals surface area contributed by atoms with Crippen molar-refractivity contribution in [1.82, 2.24) is 30.2 Å². The summed E-state index contributed by atoms with van der Waals surface area (Å²) in [7, 11) is 0. The van der Waals surface area contributed by atoms with Crippen LogP contribution < -0.4 is 4.90 Å². The maximum Gasteiger partial charge on any atom is 0.254 e. The minimum absolute atomic E-state index is 0.0725. The van der Waals surface area contributed by atoms with Crippen LogP contribution in [0.5, 0.6) is 0 Å². The Kier molecular flexibility index (Phi) is 3.97. The summed E-state index contributed by atoms with van der Waals surface area (Å²) in [6.45, 7) is 5.55. The molecular formula is C19H21N7O. The van der Waals surface area contributed by atoms with Gasteiger partial charge in [-0.1, -0.05) is 6.07 Å². The molecule has 8 heteroatoms. The van der Waals surface area contributed by atoms with Crippen molar-refractivity contribution in [3.8, 4) is 0 Å². The first-order valence-electron chi connectivity index (χ1n) is 9.28. The third kappa shape index (κ3) is 3.02. The molecule has 0 unspecified atom stereocenters. The number of nitrogens with zero attached hydrogens (tertiary/aromatic N) is 6. The lowest BCUT2D eigenvalue weighted by Crippen LogP contribution is -2.64. The Bertz CT molecular complexity index is 943. The first-order valence-corrected chi connectivity index (χ1v) is 9.28. The van der Waals surface area contributed by atoms with Gasteiger partial charge in [-0.2, -0.15) is 15.4 Å². The van der Waals surface area contributed by atoms with Gasteiger partial charge in [0.25, 0.3) is 5.91 Å². The highest BCUT2D eigenvalue weighted by Gasteiger charge is 2.36. The van der Waals surface area contributed by atoms with Crippen molar-refractivity contribution in [2.45, 2.75) is 6.04 Å². The third-order valence-corrected chi connectivity index (χ3v) is 5.52. The average molecular weight is 363 g/mol. The minimum Gasteiger partial charge on any atom is -0.354 e. The number of rotatable bonds is 3. The highest BCUT2D eigenvalue weighted by Crippen LogP contribution is 2.22. The Morgan fingerprint density at radius 1 is 1.00 bits per heavy atom. The monoisotopic (exact) mass is 363 g/mol. The van der Waals surface area contributed by atoms with Gasteiger partial charge >= 0.3 is 0 Å². The number of likely N-dealkylation sites (tertiary alicyclic amines) is 1. The van der Waals surface area contributed by atoms with E-state index in [2.05, 4.69) is 36.3 Å². The molecule has 1 amide bonds. The number of hydrogen-bond donors (Lipinski definition) is 1. The fraction of sp³-hybridized carbons (Fsp3) is 0.368. The van der Waals surface area contributed by atoms with Crippen LogP contribution in [0.4, 0.5) is 5.82 Å². The number of amides is 1. The maximum atomic E-state index is 12.7. The first kappa shape index (κ1) is 16.2. The summed E-state index contributed by atoms with van der Waals surface area (Å²) in [5.41, 5.74) is 2.18. The SMILES string of the molecule is O=C(c1ccc2n[nH]nc2c1)N1CC(N2CCN(c3ccccn3)CC2)C1. The summed E-state index contributed by atoms with van der Waals surface area (Å²) in [4.78, 5) is 23.9. The van der Waals surface area contributed by atoms with Crippen LogP contribution in [0.25, 0.3) is 11.0 Å². The van der Waals surface area contributed by atoms with E-state index < -0.39 is 0 Å². The fourth-order valence-corrected chi connectivity index (χ4v) is 3.86. The number of piperazine rings is 1. The van der Waals surface area contributed by atoms with E-state index in [1.54, 1.807) is 6.07 Å². The number of nitrogens with one attached hydrogen (secondary N) is 1. The Balaban J connectivity index is 1.16. The molecule has 2 aliphatic heterocycles. The van der Waals surface area contributed by atoms with Gasteiger partial charge < -0.3 is 9.80 Å². The van der Waals surface area contributed by atoms with E-state index in [9.17, 15) is 4.79 Å². The number of benzene rings is 1. The highest BCUT2D eigenvalue weighted by atomic mass is 16.2. The molecule has 1 aromatic carbocycles. The molecule has 2 saturated heterocycles. The van der Waals surface area contributed by atoms with Gasteiger partial charge in [0.05, 0.1) is 0 Å². The lowest BCUT2D eigenvalue weighted by Gasteiger charge is -2.48. The number of aromatic nitrogens is 4. The maximum absolute atomic E-state index is 12.7. The summed E-state index contributed by atoms with van der Waals surface area (Å²) in [6, 6.07) is 12.0. The number of aromatic amines is 1. The number of anilines is 1. The van der Waals surface area contributed by atoms with Crippen LogP contribution in [0.15, 0.2) is 42.6 Å². The van der Waals surface area contributed by atoms with Crippen molar-refractivity contribution in [3.63, 3.8) is 0 Å². The number of hydrogen-bond acceptors (Lipinski definition) is 6. The molecule has 4 heterocycles. The number of fused-ring (bicyclic) bond motifs is 1. The molecule has 2 aromatic heterocycles. The Morgan fingerprint density at radius 2 is 1.81 bits per heavy atom. The second kappa shape index (κ2) is 6.62. The lowest BCUT2D eigenvalue weighted by atomic mass is 10.0. The molecule has 27 heavy (non-hydrogen) atoms. The van der Waals surface area contributed by atoms with Gasteiger partial charge in [0.1, 0.15) is 16.9 Å². The largest absolute Gasteiger partial charge is 0.354 e. The molecule has 5 rings (SSSR count). The number of H-pyrrole nitrogens is 1. The van der Waals surface area contributed by atoms with E-state index in [4.69, 9.17) is 0 Å². The Hall–Kier alpha value is -3.00. The standard InChI is InChI=1S/C19H21N7O/c27-19(14-4-5-16-17(11-14)22-23-21-16)26-12-15(13-26)24-7-9-25(10-8-24)18-3-1-2-6-20-18/h1-6,11,15H,7-10,12-13H2,(H,21,22,23). The molecule has 0 atom stereocenters. The van der Waals surface area contributed by atoms with E-state index in [1.807, 2.05) is 35.4 Å². The number of pyridine rings is 1. The number of carbonyl (C=O) groups is 1. The van der Waals surface area contributed by atoms with Crippen molar-refractivity contribution in [2.24, 2.45) is 0 Å². The van der Waals surface area contributed by atoms with Crippen molar-refractivity contribution in [1.29, 1.82) is 0 Å². The van der Waals surface area contributed by atoms with Crippen molar-refractivity contribution < 1.29 is 4.79 Å². The molecule has 0 bridgehead atoms. The zero-order valence-electron chi connectivity index (χ0n) is 15.0. The van der Waals surface area contributed by atoms with Gasteiger partial charge in [-0.15, -0.1) is 0 Å². The van der Waals surface area contributed by atoms with Gasteiger partial charge in [0, 0.05) is 57.1 Å². The van der Waals surface area contributed by atoms with Crippen LogP contribution in [-0.4, -0.2) is 81.4 Å². The van der Waals surface area contributed by atoms with Crippen molar-refractivity contribution in [2.75, 3.05) is 44.2 Å². The molecule has 2 aliphatic rings. The topological polar surface area (TPSA) is 81.2 Å². The normalized spacial score (nSPS) is 18.7. The summed E-state index contributed by atoms with van der Waals surface area (Å²) < 4.78 is 0. The zero-order chi connectivity index (χ0) is 18.2. The molecule has 138 valence electrons. The number of carbonyl (C=O) groups excluding carboxylic acids is 1. The van der Waals surface area contributed by atoms with E-state index in [-0.39, 0.29) is 5.91 Å². The predicted octanol–water partition coefficient (Wildman–Crippen LogP) is 0.999. The Morgan fingerprint density at radius 3 is 2.59 bits per heavy atom. The molecule has 0 spiro atoms. The summed E-state index contributed by atoms with van der Waals surface area (Å²) in [5.74, 6) is 1.12. The van der Waals surface area contributed by atoms with Crippen molar-refractivity contribution in [3.05, 3.63) is 48.2 Å². The minimum atomic E-state index is 0.0725. The van der Waals surface area contributed by atoms with Gasteiger partial charge in [-0.3, -0.25) is 9.69 Å². The van der Waals surface area contributed by atoms with Crippen LogP contribution in [0.3, 0.4) is 0 Å². The molecular weight excluding hydrogens is 342 g/mol. The molecule has 0 aliphatic carbocycles. The van der Waals surface area contributed by atoms with Crippen LogP contribution >= 0.6 is 0 Å². The molecule has 0 saturated carbocycles. The second-order valence-electron chi connectivity index (χ2n) is 7.10. The summed E-state index contributed by atoms with van der Waals surface area (Å²) in [6.07, 6.45) is 1.84. The lowest BCUT2D eigenvalue weighted by molar-refractivity contribution is 0.0246. The van der Waals surface area contributed by atoms with Gasteiger partial charge in [-0.05, 0) is 30.3 Å². The van der Waals surface area contributed by atoms with Gasteiger partial charge in [0.2, 0.25) is 0 Å². The quantitative estimate of drug-likeness (QED) is 0.748. The van der Waals surface area contributed by atoms with Crippen LogP contribution in [0, 0.1) is 0 Å². The Labute approximate surface area is 156 Å². The van der Waals surface area contributed by atoms with Crippen LogP contribution in [-0.2, 0) is 0 Å². The third-order valence-electron chi connectivity index (χ3n) is 5.52. The van der Waals surface area contributed by atoms with E-state index in [0.717, 1.165) is 56.1 Å². The molecule has 0 radical (unpaired) electrons. The zero-order valence-corrected chi connectivity index (χ0v) is 15.0. The van der Waals surface area contributed by atoms with Crippen molar-refractivity contribution >= 4 is 22.8 Å². The molecule has 8 nitrogen and oxygen atoms in total. The van der Waals surface area contributed by atoms with E-state index in [1.165, 1.54) is 0 Å². The van der Waals surface area contributed by atoms with Gasteiger partial charge in [0.15, 0.2) is 0 Å². The fourth-order valence-electron chi connectivity index (χ4n) is 3.86. The molecule has 2 fully saturated rings. The van der Waals surface area contributed by atoms with E-state index >= 15 is 0 Å². The van der Waals surface area contributed by atoms with Crippen LogP contribution in [0.2, 0.25) is 0 Å². The predicted molar refractivity (Wildman–Crippen MR) is 102 cm³/mol.